The van der Waals surface area contributed by atoms with Gasteiger partial charge in [0.25, 0.3) is 5.91 Å². The molecule has 33 heavy (non-hydrogen) atoms. The molecule has 4 aromatic rings. The topological polar surface area (TPSA) is 91.2 Å². The molecule has 0 atom stereocenters. The molecule has 1 N–H and O–H groups in total. The molecule has 2 aromatic heterocycles. The van der Waals surface area contributed by atoms with Gasteiger partial charge >= 0.3 is 0 Å². The van der Waals surface area contributed by atoms with E-state index in [4.69, 9.17) is 9.47 Å². The average molecular weight is 444 g/mol. The first-order valence-electron chi connectivity index (χ1n) is 10.7. The number of benzene rings is 2. The molecule has 2 heterocycles. The Labute approximate surface area is 192 Å². The molecule has 168 valence electrons. The number of amides is 1. The van der Waals surface area contributed by atoms with Crippen molar-refractivity contribution < 1.29 is 14.3 Å². The molecule has 2 aromatic carbocycles. The molecule has 0 aliphatic heterocycles. The Balaban J connectivity index is 1.28. The molecule has 0 bridgehead atoms. The summed E-state index contributed by atoms with van der Waals surface area (Å²) in [5.74, 6) is 3.13. The SMILES string of the molecule is CC(C)n1cnnc1CCNC(=O)c1ccc(Oc2ccc(Oc3ccccc3)cc2)nc1. The Morgan fingerprint density at radius 2 is 1.64 bits per heavy atom. The summed E-state index contributed by atoms with van der Waals surface area (Å²) in [6, 6.07) is 20.4. The van der Waals surface area contributed by atoms with Gasteiger partial charge in [-0.15, -0.1) is 10.2 Å². The number of para-hydroxylation sites is 1. The summed E-state index contributed by atoms with van der Waals surface area (Å²) >= 11 is 0. The van der Waals surface area contributed by atoms with Crippen molar-refractivity contribution in [2.24, 2.45) is 0 Å². The second-order valence-corrected chi connectivity index (χ2v) is 7.63. The van der Waals surface area contributed by atoms with Gasteiger partial charge in [0.05, 0.1) is 5.56 Å². The summed E-state index contributed by atoms with van der Waals surface area (Å²) in [7, 11) is 0. The zero-order valence-electron chi connectivity index (χ0n) is 18.5. The van der Waals surface area contributed by atoms with E-state index in [9.17, 15) is 4.79 Å². The van der Waals surface area contributed by atoms with Crippen molar-refractivity contribution >= 4 is 5.91 Å². The van der Waals surface area contributed by atoms with E-state index in [1.54, 1.807) is 30.6 Å². The van der Waals surface area contributed by atoms with E-state index >= 15 is 0 Å². The van der Waals surface area contributed by atoms with E-state index in [2.05, 4.69) is 34.3 Å². The van der Waals surface area contributed by atoms with Crippen LogP contribution in [-0.2, 0) is 6.42 Å². The molecule has 0 fully saturated rings. The van der Waals surface area contributed by atoms with Gasteiger partial charge in [-0.2, -0.15) is 0 Å². The molecule has 0 saturated heterocycles. The van der Waals surface area contributed by atoms with Gasteiger partial charge in [0, 0.05) is 31.3 Å². The zero-order valence-corrected chi connectivity index (χ0v) is 18.5. The molecule has 0 unspecified atom stereocenters. The Bertz CT molecular complexity index is 1170. The Morgan fingerprint density at radius 1 is 0.939 bits per heavy atom. The quantitative estimate of drug-likeness (QED) is 0.399. The molecule has 0 saturated carbocycles. The van der Waals surface area contributed by atoms with Crippen LogP contribution < -0.4 is 14.8 Å². The second-order valence-electron chi connectivity index (χ2n) is 7.63. The molecule has 0 spiro atoms. The van der Waals surface area contributed by atoms with Crippen LogP contribution in [0, 0.1) is 0 Å². The summed E-state index contributed by atoms with van der Waals surface area (Å²) in [6.45, 7) is 4.58. The number of nitrogens with zero attached hydrogens (tertiary/aromatic N) is 4. The van der Waals surface area contributed by atoms with Gasteiger partial charge in [-0.25, -0.2) is 4.98 Å². The van der Waals surface area contributed by atoms with Crippen molar-refractivity contribution in [1.82, 2.24) is 25.1 Å². The van der Waals surface area contributed by atoms with E-state index in [0.717, 1.165) is 11.6 Å². The third-order valence-corrected chi connectivity index (χ3v) is 4.86. The number of hydrogen-bond acceptors (Lipinski definition) is 6. The van der Waals surface area contributed by atoms with Gasteiger partial charge in [0.15, 0.2) is 0 Å². The highest BCUT2D eigenvalue weighted by molar-refractivity contribution is 5.93. The van der Waals surface area contributed by atoms with Gasteiger partial charge in [-0.05, 0) is 56.3 Å². The zero-order chi connectivity index (χ0) is 23.0. The van der Waals surface area contributed by atoms with Crippen LogP contribution in [0.25, 0.3) is 0 Å². The van der Waals surface area contributed by atoms with E-state index in [1.165, 1.54) is 6.20 Å². The largest absolute Gasteiger partial charge is 0.457 e. The first kappa shape index (κ1) is 22.0. The minimum absolute atomic E-state index is 0.202. The molecular formula is C25H25N5O3. The summed E-state index contributed by atoms with van der Waals surface area (Å²) in [4.78, 5) is 16.6. The van der Waals surface area contributed by atoms with Crippen LogP contribution in [-0.4, -0.2) is 32.2 Å². The van der Waals surface area contributed by atoms with E-state index in [0.29, 0.717) is 35.9 Å². The van der Waals surface area contributed by atoms with Crippen molar-refractivity contribution in [1.29, 1.82) is 0 Å². The van der Waals surface area contributed by atoms with Crippen LogP contribution in [0.4, 0.5) is 0 Å². The second kappa shape index (κ2) is 10.4. The Morgan fingerprint density at radius 3 is 2.30 bits per heavy atom. The summed E-state index contributed by atoms with van der Waals surface area (Å²) in [5, 5.41) is 10.9. The van der Waals surface area contributed by atoms with Crippen LogP contribution >= 0.6 is 0 Å². The third kappa shape index (κ3) is 5.94. The highest BCUT2D eigenvalue weighted by Crippen LogP contribution is 2.26. The van der Waals surface area contributed by atoms with Crippen LogP contribution in [0.15, 0.2) is 79.3 Å². The first-order valence-corrected chi connectivity index (χ1v) is 10.7. The van der Waals surface area contributed by atoms with Crippen LogP contribution in [0.2, 0.25) is 0 Å². The number of nitrogens with one attached hydrogen (secondary N) is 1. The molecule has 1 amide bonds. The lowest BCUT2D eigenvalue weighted by atomic mass is 10.2. The first-order chi connectivity index (χ1) is 16.1. The monoisotopic (exact) mass is 443 g/mol. The lowest BCUT2D eigenvalue weighted by Gasteiger charge is -2.10. The normalized spacial score (nSPS) is 10.8. The van der Waals surface area contributed by atoms with Crippen LogP contribution in [0.1, 0.15) is 36.1 Å². The number of carbonyl (C=O) groups is 1. The van der Waals surface area contributed by atoms with Gasteiger partial charge in [-0.1, -0.05) is 18.2 Å². The summed E-state index contributed by atoms with van der Waals surface area (Å²) < 4.78 is 13.5. The smallest absolute Gasteiger partial charge is 0.252 e. The molecule has 8 nitrogen and oxygen atoms in total. The summed E-state index contributed by atoms with van der Waals surface area (Å²) in [6.07, 6.45) is 3.80. The number of carbonyl (C=O) groups excluding carboxylic acids is 1. The minimum Gasteiger partial charge on any atom is -0.457 e. The standard InChI is InChI=1S/C25H25N5O3/c1-18(2)30-17-28-29-23(30)14-15-26-25(31)19-8-13-24(27-16-19)33-22-11-9-21(10-12-22)32-20-6-4-3-5-7-20/h3-13,16-18H,14-15H2,1-2H3,(H,26,31). The van der Waals surface area contributed by atoms with Gasteiger partial charge in [-0.3, -0.25) is 4.79 Å². The van der Waals surface area contributed by atoms with E-state index < -0.39 is 0 Å². The van der Waals surface area contributed by atoms with Crippen molar-refractivity contribution in [2.45, 2.75) is 26.3 Å². The summed E-state index contributed by atoms with van der Waals surface area (Å²) in [5.41, 5.74) is 0.458. The van der Waals surface area contributed by atoms with Crippen LogP contribution in [0.3, 0.4) is 0 Å². The molecule has 0 aliphatic rings. The molecule has 8 heteroatoms. The molecule has 0 radical (unpaired) electrons. The number of pyridine rings is 1. The fourth-order valence-corrected chi connectivity index (χ4v) is 3.16. The maximum Gasteiger partial charge on any atom is 0.252 e. The Hall–Kier alpha value is -4.20. The molecule has 0 aliphatic carbocycles. The van der Waals surface area contributed by atoms with Gasteiger partial charge < -0.3 is 19.4 Å². The average Bonchev–Trinajstić information content (AvgIpc) is 3.30. The molecular weight excluding hydrogens is 418 g/mol. The highest BCUT2D eigenvalue weighted by atomic mass is 16.5. The highest BCUT2D eigenvalue weighted by Gasteiger charge is 2.10. The molecule has 4 rings (SSSR count). The van der Waals surface area contributed by atoms with Crippen molar-refractivity contribution in [3.05, 3.63) is 90.6 Å². The van der Waals surface area contributed by atoms with Gasteiger partial charge in [0.1, 0.15) is 29.4 Å². The minimum atomic E-state index is -0.202. The number of ether oxygens (including phenoxy) is 2. The fourth-order valence-electron chi connectivity index (χ4n) is 3.16. The van der Waals surface area contributed by atoms with Gasteiger partial charge in [0.2, 0.25) is 5.88 Å². The van der Waals surface area contributed by atoms with E-state index in [1.807, 2.05) is 47.0 Å². The van der Waals surface area contributed by atoms with Crippen molar-refractivity contribution in [3.63, 3.8) is 0 Å². The number of aromatic nitrogens is 4. The van der Waals surface area contributed by atoms with Crippen LogP contribution in [0.5, 0.6) is 23.1 Å². The third-order valence-electron chi connectivity index (χ3n) is 4.86. The number of hydrogen-bond donors (Lipinski definition) is 1. The van der Waals surface area contributed by atoms with E-state index in [-0.39, 0.29) is 11.9 Å². The fraction of sp³-hybridized carbons (Fsp3) is 0.200. The maximum absolute atomic E-state index is 12.4. The lowest BCUT2D eigenvalue weighted by molar-refractivity contribution is 0.0953. The lowest BCUT2D eigenvalue weighted by Crippen LogP contribution is -2.26. The van der Waals surface area contributed by atoms with Crippen molar-refractivity contribution in [3.8, 4) is 23.1 Å². The number of rotatable bonds is 9. The Kier molecular flexibility index (Phi) is 6.94. The maximum atomic E-state index is 12.4. The predicted octanol–water partition coefficient (Wildman–Crippen LogP) is 4.81. The van der Waals surface area contributed by atoms with Crippen molar-refractivity contribution in [2.75, 3.05) is 6.54 Å². The predicted molar refractivity (Wildman–Crippen MR) is 124 cm³/mol.